The minimum Gasteiger partial charge on any atom is -0.489 e. The minimum atomic E-state index is -4.29. The summed E-state index contributed by atoms with van der Waals surface area (Å²) in [5.41, 5.74) is 0. The van der Waals surface area contributed by atoms with Crippen LogP contribution < -0.4 is 4.74 Å². The fraction of sp³-hybridized carbons (Fsp3) is 0.273. The van der Waals surface area contributed by atoms with Gasteiger partial charge in [-0.15, -0.1) is 12.3 Å². The van der Waals surface area contributed by atoms with Gasteiger partial charge in [0, 0.05) is 23.2 Å². The molecular formula is C11H9ClF2O3S. The molecule has 0 aliphatic heterocycles. The Morgan fingerprint density at radius 2 is 2.06 bits per heavy atom. The summed E-state index contributed by atoms with van der Waals surface area (Å²) < 4.78 is 53.6. The Kier molecular flexibility index (Phi) is 4.93. The van der Waals surface area contributed by atoms with Crippen LogP contribution in [0.1, 0.15) is 12.8 Å². The van der Waals surface area contributed by atoms with Crippen LogP contribution in [0.3, 0.4) is 0 Å². The van der Waals surface area contributed by atoms with E-state index in [2.05, 4.69) is 5.92 Å². The van der Waals surface area contributed by atoms with Crippen LogP contribution in [0.15, 0.2) is 17.0 Å². The zero-order chi connectivity index (χ0) is 13.8. The van der Waals surface area contributed by atoms with E-state index in [0.717, 1.165) is 0 Å². The van der Waals surface area contributed by atoms with Gasteiger partial charge in [-0.3, -0.25) is 0 Å². The summed E-state index contributed by atoms with van der Waals surface area (Å²) in [5, 5.41) is 0. The van der Waals surface area contributed by atoms with Gasteiger partial charge in [-0.25, -0.2) is 17.2 Å². The van der Waals surface area contributed by atoms with E-state index in [4.69, 9.17) is 21.8 Å². The Bertz CT molecular complexity index is 579. The molecule has 1 aromatic rings. The minimum absolute atomic E-state index is 0.00611. The lowest BCUT2D eigenvalue weighted by atomic mass is 10.3. The largest absolute Gasteiger partial charge is 0.489 e. The smallest absolute Gasteiger partial charge is 0.265 e. The predicted molar refractivity (Wildman–Crippen MR) is 63.0 cm³/mol. The molecule has 98 valence electrons. The molecule has 7 heteroatoms. The van der Waals surface area contributed by atoms with Gasteiger partial charge in [0.25, 0.3) is 9.05 Å². The summed E-state index contributed by atoms with van der Waals surface area (Å²) in [6, 6.07) is 1.12. The molecule has 0 spiro atoms. The normalized spacial score (nSPS) is 11.0. The van der Waals surface area contributed by atoms with Crippen molar-refractivity contribution in [2.45, 2.75) is 17.7 Å². The Labute approximate surface area is 108 Å². The fourth-order valence-electron chi connectivity index (χ4n) is 1.21. The second kappa shape index (κ2) is 6.03. The molecule has 3 nitrogen and oxygen atoms in total. The molecule has 18 heavy (non-hydrogen) atoms. The zero-order valence-electron chi connectivity index (χ0n) is 9.12. The Morgan fingerprint density at radius 3 is 2.61 bits per heavy atom. The van der Waals surface area contributed by atoms with Gasteiger partial charge in [-0.2, -0.15) is 0 Å². The van der Waals surface area contributed by atoms with Gasteiger partial charge in [0.15, 0.2) is 11.6 Å². The highest BCUT2D eigenvalue weighted by Gasteiger charge is 2.22. The Balaban J connectivity index is 3.06. The second-order valence-corrected chi connectivity index (χ2v) is 5.84. The van der Waals surface area contributed by atoms with Crippen LogP contribution in [-0.2, 0) is 9.05 Å². The number of ether oxygens (including phenoxy) is 1. The SMILES string of the molecule is C#CCCCOc1c(F)cc(F)cc1S(=O)(=O)Cl. The van der Waals surface area contributed by atoms with Crippen LogP contribution in [0.2, 0.25) is 0 Å². The monoisotopic (exact) mass is 294 g/mol. The molecule has 0 aliphatic rings. The van der Waals surface area contributed by atoms with E-state index in [-0.39, 0.29) is 6.61 Å². The van der Waals surface area contributed by atoms with E-state index in [1.807, 2.05) is 0 Å². The van der Waals surface area contributed by atoms with Crippen LogP contribution in [-0.4, -0.2) is 15.0 Å². The molecule has 1 rings (SSSR count). The number of benzene rings is 1. The summed E-state index contributed by atoms with van der Waals surface area (Å²) in [5.74, 6) is -0.432. The molecule has 0 aliphatic carbocycles. The van der Waals surface area contributed by atoms with E-state index in [0.29, 0.717) is 25.0 Å². The van der Waals surface area contributed by atoms with Gasteiger partial charge in [0.05, 0.1) is 6.61 Å². The van der Waals surface area contributed by atoms with Gasteiger partial charge in [0.2, 0.25) is 0 Å². The zero-order valence-corrected chi connectivity index (χ0v) is 10.7. The van der Waals surface area contributed by atoms with Gasteiger partial charge in [0.1, 0.15) is 10.7 Å². The highest BCUT2D eigenvalue weighted by atomic mass is 35.7. The number of hydrogen-bond donors (Lipinski definition) is 0. The number of terminal acetylenes is 1. The van der Waals surface area contributed by atoms with Crippen molar-refractivity contribution in [1.82, 2.24) is 0 Å². The van der Waals surface area contributed by atoms with Gasteiger partial charge in [-0.05, 0) is 12.5 Å². The fourth-order valence-corrected chi connectivity index (χ4v) is 2.18. The first-order valence-corrected chi connectivity index (χ1v) is 7.17. The maximum Gasteiger partial charge on any atom is 0.265 e. The summed E-state index contributed by atoms with van der Waals surface area (Å²) in [6.07, 6.45) is 5.82. The summed E-state index contributed by atoms with van der Waals surface area (Å²) >= 11 is 0. The summed E-state index contributed by atoms with van der Waals surface area (Å²) in [7, 11) is 0.780. The first-order chi connectivity index (χ1) is 8.36. The van der Waals surface area contributed by atoms with Gasteiger partial charge < -0.3 is 4.74 Å². The van der Waals surface area contributed by atoms with Crippen molar-refractivity contribution in [2.24, 2.45) is 0 Å². The maximum atomic E-state index is 13.4. The molecule has 0 unspecified atom stereocenters. The first kappa shape index (κ1) is 14.7. The van der Waals surface area contributed by atoms with Crippen molar-refractivity contribution >= 4 is 19.7 Å². The molecule has 0 bridgehead atoms. The van der Waals surface area contributed by atoms with E-state index in [1.165, 1.54) is 0 Å². The van der Waals surface area contributed by atoms with Crippen LogP contribution in [0.5, 0.6) is 5.75 Å². The Hall–Kier alpha value is -1.32. The molecule has 0 saturated carbocycles. The number of unbranched alkanes of at least 4 members (excludes halogenated alkanes) is 1. The highest BCUT2D eigenvalue weighted by Crippen LogP contribution is 2.31. The van der Waals surface area contributed by atoms with Crippen molar-refractivity contribution < 1.29 is 21.9 Å². The third-order valence-corrected chi connectivity index (χ3v) is 3.28. The van der Waals surface area contributed by atoms with Crippen molar-refractivity contribution in [3.05, 3.63) is 23.8 Å². The number of hydrogen-bond acceptors (Lipinski definition) is 3. The van der Waals surface area contributed by atoms with Gasteiger partial charge in [-0.1, -0.05) is 0 Å². The average molecular weight is 295 g/mol. The van der Waals surface area contributed by atoms with Gasteiger partial charge >= 0.3 is 0 Å². The standard InChI is InChI=1S/C11H9ClF2O3S/c1-2-3-4-5-17-11-9(14)6-8(13)7-10(11)18(12,15)16/h1,6-7H,3-5H2. The van der Waals surface area contributed by atoms with Crippen LogP contribution in [0, 0.1) is 24.0 Å². The first-order valence-electron chi connectivity index (χ1n) is 4.86. The molecule has 0 saturated heterocycles. The van der Waals surface area contributed by atoms with Crippen molar-refractivity contribution in [1.29, 1.82) is 0 Å². The Morgan fingerprint density at radius 1 is 1.39 bits per heavy atom. The lowest BCUT2D eigenvalue weighted by Crippen LogP contribution is -2.05. The molecule has 0 amide bonds. The lowest BCUT2D eigenvalue weighted by molar-refractivity contribution is 0.287. The van der Waals surface area contributed by atoms with E-state index in [1.54, 1.807) is 0 Å². The van der Waals surface area contributed by atoms with E-state index < -0.39 is 31.3 Å². The predicted octanol–water partition coefficient (Wildman–Crippen LogP) is 2.68. The molecule has 0 N–H and O–H groups in total. The van der Waals surface area contributed by atoms with E-state index in [9.17, 15) is 17.2 Å². The van der Waals surface area contributed by atoms with Crippen molar-refractivity contribution in [3.8, 4) is 18.1 Å². The second-order valence-electron chi connectivity index (χ2n) is 3.31. The molecule has 0 atom stereocenters. The van der Waals surface area contributed by atoms with E-state index >= 15 is 0 Å². The molecule has 1 aromatic carbocycles. The quantitative estimate of drug-likeness (QED) is 0.476. The van der Waals surface area contributed by atoms with Crippen LogP contribution in [0.25, 0.3) is 0 Å². The molecule has 0 radical (unpaired) electrons. The third kappa shape index (κ3) is 3.86. The van der Waals surface area contributed by atoms with Crippen molar-refractivity contribution in [2.75, 3.05) is 6.61 Å². The molecular weight excluding hydrogens is 286 g/mol. The number of halogens is 3. The summed E-state index contributed by atoms with van der Waals surface area (Å²) in [6.45, 7) is 0.00611. The lowest BCUT2D eigenvalue weighted by Gasteiger charge is -2.10. The molecule has 0 aromatic heterocycles. The molecule has 0 heterocycles. The van der Waals surface area contributed by atoms with Crippen LogP contribution >= 0.6 is 10.7 Å². The summed E-state index contributed by atoms with van der Waals surface area (Å²) in [4.78, 5) is -0.734. The third-order valence-electron chi connectivity index (χ3n) is 1.95. The van der Waals surface area contributed by atoms with Crippen LogP contribution in [0.4, 0.5) is 8.78 Å². The average Bonchev–Trinajstić information content (AvgIpc) is 2.24. The molecule has 0 fully saturated rings. The van der Waals surface area contributed by atoms with Crippen molar-refractivity contribution in [3.63, 3.8) is 0 Å². The topological polar surface area (TPSA) is 43.4 Å². The number of rotatable bonds is 5. The highest BCUT2D eigenvalue weighted by molar-refractivity contribution is 8.13. The maximum absolute atomic E-state index is 13.4.